The number of imidazole rings is 1. The van der Waals surface area contributed by atoms with Crippen LogP contribution in [0.3, 0.4) is 0 Å². The summed E-state index contributed by atoms with van der Waals surface area (Å²) in [7, 11) is 1.69. The van der Waals surface area contributed by atoms with Gasteiger partial charge in [-0.2, -0.15) is 0 Å². The average Bonchev–Trinajstić information content (AvgIpc) is 3.36. The molecule has 0 aliphatic carbocycles. The summed E-state index contributed by atoms with van der Waals surface area (Å²) in [5.74, 6) is -0.0777. The van der Waals surface area contributed by atoms with Crippen LogP contribution in [0.2, 0.25) is 0 Å². The van der Waals surface area contributed by atoms with Crippen LogP contribution in [-0.2, 0) is 7.05 Å². The first-order chi connectivity index (χ1) is 15.7. The van der Waals surface area contributed by atoms with Gasteiger partial charge in [-0.05, 0) is 67.0 Å². The minimum Gasteiger partial charge on any atom is -0.406 e. The van der Waals surface area contributed by atoms with Gasteiger partial charge in [0.25, 0.3) is 5.91 Å². The number of rotatable bonds is 5. The molecule has 1 aromatic carbocycles. The molecule has 1 atom stereocenters. The number of aliphatic hydroxyl groups excluding tert-OH is 1. The highest BCUT2D eigenvalue weighted by molar-refractivity contribution is 14.1. The number of hydrogen-bond donors (Lipinski definition) is 1. The van der Waals surface area contributed by atoms with E-state index in [1.165, 1.54) is 18.2 Å². The molecule has 2 aliphatic rings. The van der Waals surface area contributed by atoms with E-state index < -0.39 is 6.36 Å². The van der Waals surface area contributed by atoms with Gasteiger partial charge in [0.05, 0.1) is 6.61 Å². The van der Waals surface area contributed by atoms with Gasteiger partial charge in [0.2, 0.25) is 0 Å². The van der Waals surface area contributed by atoms with Gasteiger partial charge in [-0.3, -0.25) is 9.69 Å². The Morgan fingerprint density at radius 2 is 1.97 bits per heavy atom. The number of ether oxygens (including phenoxy) is 1. The third-order valence-electron chi connectivity index (χ3n) is 6.44. The number of alkyl halides is 3. The summed E-state index contributed by atoms with van der Waals surface area (Å²) in [6.45, 7) is 2.39. The summed E-state index contributed by atoms with van der Waals surface area (Å²) >= 11 is 1.99. The smallest absolute Gasteiger partial charge is 0.406 e. The molecule has 7 nitrogen and oxygen atoms in total. The second-order valence-electron chi connectivity index (χ2n) is 8.45. The molecule has 0 bridgehead atoms. The van der Waals surface area contributed by atoms with Gasteiger partial charge in [0, 0.05) is 37.8 Å². The second kappa shape index (κ2) is 9.79. The van der Waals surface area contributed by atoms with Crippen molar-refractivity contribution in [1.29, 1.82) is 0 Å². The predicted molar refractivity (Wildman–Crippen MR) is 124 cm³/mol. The normalized spacial score (nSPS) is 20.4. The summed E-state index contributed by atoms with van der Waals surface area (Å²) in [6.07, 6.45) is -0.981. The Morgan fingerprint density at radius 1 is 1.24 bits per heavy atom. The van der Waals surface area contributed by atoms with E-state index in [0.29, 0.717) is 39.9 Å². The first-order valence-corrected chi connectivity index (χ1v) is 12.0. The van der Waals surface area contributed by atoms with Crippen LogP contribution in [0.5, 0.6) is 5.75 Å². The van der Waals surface area contributed by atoms with Crippen LogP contribution in [-0.4, -0.2) is 75.1 Å². The largest absolute Gasteiger partial charge is 0.573 e. The highest BCUT2D eigenvalue weighted by Crippen LogP contribution is 2.30. The Labute approximate surface area is 203 Å². The van der Waals surface area contributed by atoms with E-state index in [4.69, 9.17) is 0 Å². The van der Waals surface area contributed by atoms with Crippen molar-refractivity contribution in [2.45, 2.75) is 44.1 Å². The topological polar surface area (TPSA) is 70.8 Å². The maximum atomic E-state index is 13.3. The zero-order valence-electron chi connectivity index (χ0n) is 18.2. The molecule has 11 heteroatoms. The lowest BCUT2D eigenvalue weighted by atomic mass is 10.0. The van der Waals surface area contributed by atoms with E-state index in [9.17, 15) is 23.1 Å². The lowest BCUT2D eigenvalue weighted by molar-refractivity contribution is -0.274. The van der Waals surface area contributed by atoms with Crippen LogP contribution in [0.1, 0.15) is 36.2 Å². The number of piperidine rings is 1. The van der Waals surface area contributed by atoms with Gasteiger partial charge in [0.1, 0.15) is 21.0 Å². The Balaban J connectivity index is 1.48. The molecule has 2 saturated heterocycles. The zero-order valence-corrected chi connectivity index (χ0v) is 20.3. The standard InChI is InChI=1S/C22H26F3IN4O3/c1-28-18(19(26)27-20(28)14-4-2-6-17(12-14)33-22(23,24)25)21(32)29-10-7-15(8-11-29)30-9-3-5-16(30)13-31/h2,4,6,12,15-16,31H,3,5,7-11,13H2,1H3. The molecule has 2 aromatic rings. The number of aromatic nitrogens is 2. The Morgan fingerprint density at radius 3 is 2.64 bits per heavy atom. The highest BCUT2D eigenvalue weighted by atomic mass is 127. The minimum atomic E-state index is -4.78. The van der Waals surface area contributed by atoms with Crippen molar-refractivity contribution in [3.8, 4) is 17.1 Å². The van der Waals surface area contributed by atoms with Gasteiger partial charge in [-0.25, -0.2) is 4.98 Å². The number of hydrogen-bond acceptors (Lipinski definition) is 5. The summed E-state index contributed by atoms with van der Waals surface area (Å²) in [5, 5.41) is 9.61. The van der Waals surface area contributed by atoms with Crippen LogP contribution in [0.15, 0.2) is 24.3 Å². The van der Waals surface area contributed by atoms with Crippen molar-refractivity contribution in [2.75, 3.05) is 26.2 Å². The molecule has 1 N–H and O–H groups in total. The van der Waals surface area contributed by atoms with E-state index in [0.717, 1.165) is 32.2 Å². The number of halogens is 4. The number of carbonyl (C=O) groups is 1. The lowest BCUT2D eigenvalue weighted by Gasteiger charge is -2.39. The molecular weight excluding hydrogens is 552 g/mol. The fourth-order valence-electron chi connectivity index (χ4n) is 4.87. The predicted octanol–water partition coefficient (Wildman–Crippen LogP) is 3.65. The van der Waals surface area contributed by atoms with E-state index in [-0.39, 0.29) is 24.3 Å². The molecule has 0 radical (unpaired) electrons. The van der Waals surface area contributed by atoms with Crippen molar-refractivity contribution in [3.63, 3.8) is 0 Å². The van der Waals surface area contributed by atoms with Crippen molar-refractivity contribution >= 4 is 28.5 Å². The van der Waals surface area contributed by atoms with Crippen molar-refractivity contribution < 1.29 is 27.8 Å². The molecule has 1 amide bonds. The number of aliphatic hydroxyl groups is 1. The number of nitrogens with zero attached hydrogens (tertiary/aromatic N) is 4. The molecule has 0 saturated carbocycles. The number of amides is 1. The SMILES string of the molecule is Cn1c(-c2cccc(OC(F)(F)F)c2)nc(I)c1C(=O)N1CCC(N2CCCC2CO)CC1. The highest BCUT2D eigenvalue weighted by Gasteiger charge is 2.35. The lowest BCUT2D eigenvalue weighted by Crippen LogP contribution is -2.49. The average molecular weight is 578 g/mol. The van der Waals surface area contributed by atoms with Crippen molar-refractivity contribution in [2.24, 2.45) is 7.05 Å². The molecule has 2 aliphatic heterocycles. The number of likely N-dealkylation sites (tertiary alicyclic amines) is 2. The summed E-state index contributed by atoms with van der Waals surface area (Å²) in [4.78, 5) is 22.0. The van der Waals surface area contributed by atoms with Gasteiger partial charge in [0.15, 0.2) is 0 Å². The van der Waals surface area contributed by atoms with Gasteiger partial charge >= 0.3 is 6.36 Å². The van der Waals surface area contributed by atoms with Gasteiger partial charge < -0.3 is 19.3 Å². The van der Waals surface area contributed by atoms with E-state index in [2.05, 4.69) is 14.6 Å². The number of carbonyl (C=O) groups excluding carboxylic acids is 1. The molecule has 1 aromatic heterocycles. The van der Waals surface area contributed by atoms with Crippen LogP contribution in [0, 0.1) is 3.70 Å². The van der Waals surface area contributed by atoms with Crippen LogP contribution in [0.25, 0.3) is 11.4 Å². The molecule has 2 fully saturated rings. The van der Waals surface area contributed by atoms with E-state index >= 15 is 0 Å². The Hall–Kier alpha value is -1.86. The second-order valence-corrected chi connectivity index (χ2v) is 9.47. The molecule has 4 rings (SSSR count). The summed E-state index contributed by atoms with van der Waals surface area (Å²) in [5.41, 5.74) is 0.847. The quantitative estimate of drug-likeness (QED) is 0.549. The zero-order chi connectivity index (χ0) is 23.8. The Bertz CT molecular complexity index is 1010. The first-order valence-electron chi connectivity index (χ1n) is 10.9. The molecule has 180 valence electrons. The molecule has 3 heterocycles. The summed E-state index contributed by atoms with van der Waals surface area (Å²) in [6, 6.07) is 6.17. The number of benzene rings is 1. The third kappa shape index (κ3) is 5.29. The fraction of sp³-hybridized carbons (Fsp3) is 0.545. The Kier molecular flexibility index (Phi) is 7.20. The van der Waals surface area contributed by atoms with Crippen LogP contribution >= 0.6 is 22.6 Å². The van der Waals surface area contributed by atoms with Gasteiger partial charge in [-0.1, -0.05) is 12.1 Å². The van der Waals surface area contributed by atoms with Crippen molar-refractivity contribution in [3.05, 3.63) is 33.7 Å². The molecule has 0 spiro atoms. The molecule has 33 heavy (non-hydrogen) atoms. The van der Waals surface area contributed by atoms with Crippen molar-refractivity contribution in [1.82, 2.24) is 19.4 Å². The maximum absolute atomic E-state index is 13.3. The monoisotopic (exact) mass is 578 g/mol. The maximum Gasteiger partial charge on any atom is 0.573 e. The van der Waals surface area contributed by atoms with E-state index in [1.807, 2.05) is 27.5 Å². The van der Waals surface area contributed by atoms with Crippen LogP contribution < -0.4 is 4.74 Å². The molecular formula is C22H26F3IN4O3. The third-order valence-corrected chi connectivity index (χ3v) is 7.19. The molecule has 1 unspecified atom stereocenters. The van der Waals surface area contributed by atoms with Gasteiger partial charge in [-0.15, -0.1) is 13.2 Å². The van der Waals surface area contributed by atoms with Crippen LogP contribution in [0.4, 0.5) is 13.2 Å². The first kappa shape index (κ1) is 24.3. The summed E-state index contributed by atoms with van der Waals surface area (Å²) < 4.78 is 43.9. The fourth-order valence-corrected chi connectivity index (χ4v) is 5.69. The minimum absolute atomic E-state index is 0.137. The van der Waals surface area contributed by atoms with E-state index in [1.54, 1.807) is 17.7 Å².